The molecule has 3 heteroatoms. The molecule has 1 aromatic heterocycles. The van der Waals surface area contributed by atoms with E-state index >= 15 is 0 Å². The zero-order valence-electron chi connectivity index (χ0n) is 11.8. The third-order valence-corrected chi connectivity index (χ3v) is 3.45. The van der Waals surface area contributed by atoms with E-state index in [1.165, 1.54) is 0 Å². The van der Waals surface area contributed by atoms with Crippen LogP contribution in [0.25, 0.3) is 10.9 Å². The van der Waals surface area contributed by atoms with E-state index < -0.39 is 0 Å². The number of hydrogen-bond donors (Lipinski definition) is 2. The molecule has 0 radical (unpaired) electrons. The van der Waals surface area contributed by atoms with E-state index in [0.29, 0.717) is 6.54 Å². The molecule has 0 aliphatic rings. The molecule has 0 fully saturated rings. The normalized spacial score (nSPS) is 13.8. The summed E-state index contributed by atoms with van der Waals surface area (Å²) in [6.07, 6.45) is 9.39. The van der Waals surface area contributed by atoms with Gasteiger partial charge in [-0.25, -0.2) is 0 Å². The van der Waals surface area contributed by atoms with Crippen LogP contribution in [-0.2, 0) is 0 Å². The van der Waals surface area contributed by atoms with Gasteiger partial charge < -0.3 is 5.73 Å². The Balaban J connectivity index is 2.23. The lowest BCUT2D eigenvalue weighted by Crippen LogP contribution is -2.35. The highest BCUT2D eigenvalue weighted by Crippen LogP contribution is 2.19. The van der Waals surface area contributed by atoms with Crippen molar-refractivity contribution in [1.29, 1.82) is 0 Å². The van der Waals surface area contributed by atoms with Gasteiger partial charge in [0.05, 0.1) is 11.6 Å². The van der Waals surface area contributed by atoms with Crippen molar-refractivity contribution >= 4 is 10.9 Å². The van der Waals surface area contributed by atoms with Crippen LogP contribution >= 0.6 is 0 Å². The maximum Gasteiger partial charge on any atom is 0.0702 e. The Kier molecular flexibility index (Phi) is 5.11. The molecule has 2 aromatic rings. The van der Waals surface area contributed by atoms with Crippen LogP contribution in [0.2, 0.25) is 0 Å². The number of nitrogens with two attached hydrogens (primary N) is 1. The summed E-state index contributed by atoms with van der Waals surface area (Å²) < 4.78 is 0. The molecule has 1 heterocycles. The summed E-state index contributed by atoms with van der Waals surface area (Å²) >= 11 is 0. The highest BCUT2D eigenvalue weighted by Gasteiger charge is 2.14. The first kappa shape index (κ1) is 14.5. The molecular weight excluding hydrogens is 246 g/mol. The van der Waals surface area contributed by atoms with Crippen LogP contribution in [0.3, 0.4) is 0 Å². The number of benzene rings is 1. The SMILES string of the molecule is C#CC(CCC)NC(CN)c1ccc2ncccc2c1. The lowest BCUT2D eigenvalue weighted by Gasteiger charge is -2.22. The van der Waals surface area contributed by atoms with Gasteiger partial charge in [-0.1, -0.05) is 31.4 Å². The van der Waals surface area contributed by atoms with E-state index in [1.807, 2.05) is 12.1 Å². The predicted octanol–water partition coefficient (Wildman–Crippen LogP) is 2.63. The molecule has 0 aliphatic carbocycles. The predicted molar refractivity (Wildman–Crippen MR) is 84.2 cm³/mol. The summed E-state index contributed by atoms with van der Waals surface area (Å²) in [5, 5.41) is 4.58. The van der Waals surface area contributed by atoms with Crippen molar-refractivity contribution in [2.24, 2.45) is 5.73 Å². The summed E-state index contributed by atoms with van der Waals surface area (Å²) in [6, 6.07) is 10.4. The number of nitrogens with zero attached hydrogens (tertiary/aromatic N) is 1. The van der Waals surface area contributed by atoms with Crippen molar-refractivity contribution in [1.82, 2.24) is 10.3 Å². The Labute approximate surface area is 120 Å². The maximum atomic E-state index is 5.90. The average molecular weight is 267 g/mol. The van der Waals surface area contributed by atoms with Crippen LogP contribution in [0.1, 0.15) is 31.4 Å². The minimum Gasteiger partial charge on any atom is -0.329 e. The minimum absolute atomic E-state index is 0.0677. The number of nitrogens with one attached hydrogen (secondary N) is 1. The minimum atomic E-state index is 0.0677. The van der Waals surface area contributed by atoms with E-state index in [-0.39, 0.29) is 12.1 Å². The Morgan fingerprint density at radius 3 is 2.95 bits per heavy atom. The number of fused-ring (bicyclic) bond motifs is 1. The summed E-state index contributed by atoms with van der Waals surface area (Å²) in [4.78, 5) is 4.33. The van der Waals surface area contributed by atoms with Gasteiger partial charge >= 0.3 is 0 Å². The first-order valence-electron chi connectivity index (χ1n) is 7.05. The van der Waals surface area contributed by atoms with Gasteiger partial charge in [0.25, 0.3) is 0 Å². The number of terminal acetylenes is 1. The zero-order valence-corrected chi connectivity index (χ0v) is 11.8. The molecule has 3 nitrogen and oxygen atoms in total. The van der Waals surface area contributed by atoms with Crippen molar-refractivity contribution in [2.45, 2.75) is 31.8 Å². The second kappa shape index (κ2) is 7.04. The van der Waals surface area contributed by atoms with E-state index in [1.54, 1.807) is 6.20 Å². The summed E-state index contributed by atoms with van der Waals surface area (Å²) in [5.41, 5.74) is 8.05. The van der Waals surface area contributed by atoms with Crippen LogP contribution in [-0.4, -0.2) is 17.6 Å². The lowest BCUT2D eigenvalue weighted by molar-refractivity contribution is 0.476. The standard InChI is InChI=1S/C17H21N3/c1-3-6-15(4-2)20-17(12-18)14-8-9-16-13(11-14)7-5-10-19-16/h2,5,7-11,15,17,20H,3,6,12,18H2,1H3. The number of rotatable bonds is 6. The van der Waals surface area contributed by atoms with Crippen LogP contribution in [0, 0.1) is 12.3 Å². The Hall–Kier alpha value is -1.89. The molecule has 2 atom stereocenters. The van der Waals surface area contributed by atoms with Crippen LogP contribution in [0.4, 0.5) is 0 Å². The second-order valence-corrected chi connectivity index (χ2v) is 4.92. The largest absolute Gasteiger partial charge is 0.329 e. The van der Waals surface area contributed by atoms with Crippen molar-refractivity contribution < 1.29 is 0 Å². The molecule has 2 unspecified atom stereocenters. The van der Waals surface area contributed by atoms with Gasteiger partial charge in [0.15, 0.2) is 0 Å². The molecule has 2 rings (SSSR count). The van der Waals surface area contributed by atoms with Gasteiger partial charge in [-0.05, 0) is 30.2 Å². The highest BCUT2D eigenvalue weighted by molar-refractivity contribution is 5.79. The average Bonchev–Trinajstić information content (AvgIpc) is 2.51. The molecule has 0 spiro atoms. The highest BCUT2D eigenvalue weighted by atomic mass is 15.0. The molecule has 0 bridgehead atoms. The molecule has 0 saturated heterocycles. The summed E-state index contributed by atoms with van der Waals surface area (Å²) in [5.74, 6) is 2.80. The van der Waals surface area contributed by atoms with Crippen LogP contribution in [0.15, 0.2) is 36.5 Å². The summed E-state index contributed by atoms with van der Waals surface area (Å²) in [7, 11) is 0. The number of pyridine rings is 1. The third kappa shape index (κ3) is 3.36. The van der Waals surface area contributed by atoms with Crippen LogP contribution in [0.5, 0.6) is 0 Å². The molecular formula is C17H21N3. The molecule has 0 amide bonds. The molecule has 3 N–H and O–H groups in total. The fourth-order valence-electron chi connectivity index (χ4n) is 2.36. The number of aromatic nitrogens is 1. The molecule has 0 aliphatic heterocycles. The monoisotopic (exact) mass is 267 g/mol. The van der Waals surface area contributed by atoms with Gasteiger partial charge in [-0.3, -0.25) is 10.3 Å². The van der Waals surface area contributed by atoms with E-state index in [2.05, 4.69) is 41.3 Å². The fourth-order valence-corrected chi connectivity index (χ4v) is 2.36. The fraction of sp³-hybridized carbons (Fsp3) is 0.353. The zero-order chi connectivity index (χ0) is 14.4. The van der Waals surface area contributed by atoms with Crippen molar-refractivity contribution in [3.63, 3.8) is 0 Å². The van der Waals surface area contributed by atoms with Crippen molar-refractivity contribution in [3.8, 4) is 12.3 Å². The smallest absolute Gasteiger partial charge is 0.0702 e. The first-order chi connectivity index (χ1) is 9.78. The molecule has 104 valence electrons. The molecule has 1 aromatic carbocycles. The number of hydrogen-bond acceptors (Lipinski definition) is 3. The van der Waals surface area contributed by atoms with Crippen LogP contribution < -0.4 is 11.1 Å². The second-order valence-electron chi connectivity index (χ2n) is 4.92. The van der Waals surface area contributed by atoms with Gasteiger partial charge in [0.1, 0.15) is 0 Å². The Bertz CT molecular complexity index is 600. The van der Waals surface area contributed by atoms with Gasteiger partial charge in [-0.15, -0.1) is 6.42 Å². The van der Waals surface area contributed by atoms with Crippen molar-refractivity contribution in [2.75, 3.05) is 6.54 Å². The topological polar surface area (TPSA) is 50.9 Å². The molecule has 0 saturated carbocycles. The lowest BCUT2D eigenvalue weighted by atomic mass is 10.0. The molecule has 20 heavy (non-hydrogen) atoms. The van der Waals surface area contributed by atoms with E-state index in [4.69, 9.17) is 12.2 Å². The summed E-state index contributed by atoms with van der Waals surface area (Å²) in [6.45, 7) is 2.65. The van der Waals surface area contributed by atoms with Gasteiger partial charge in [0, 0.05) is 24.2 Å². The Morgan fingerprint density at radius 2 is 2.25 bits per heavy atom. The third-order valence-electron chi connectivity index (χ3n) is 3.45. The van der Waals surface area contributed by atoms with Gasteiger partial charge in [-0.2, -0.15) is 0 Å². The first-order valence-corrected chi connectivity index (χ1v) is 7.05. The van der Waals surface area contributed by atoms with Crippen molar-refractivity contribution in [3.05, 3.63) is 42.1 Å². The maximum absolute atomic E-state index is 5.90. The Morgan fingerprint density at radius 1 is 1.40 bits per heavy atom. The quantitative estimate of drug-likeness (QED) is 0.791. The van der Waals surface area contributed by atoms with E-state index in [0.717, 1.165) is 29.3 Å². The van der Waals surface area contributed by atoms with Gasteiger partial charge in [0.2, 0.25) is 0 Å². The van der Waals surface area contributed by atoms with E-state index in [9.17, 15) is 0 Å².